The largest absolute Gasteiger partial charge is 0.497 e. The Morgan fingerprint density at radius 2 is 1.86 bits per heavy atom. The van der Waals surface area contributed by atoms with Crippen molar-refractivity contribution in [2.75, 3.05) is 26.8 Å². The Hall–Kier alpha value is -3.81. The minimum Gasteiger partial charge on any atom is -0.497 e. The smallest absolute Gasteiger partial charge is 0.287 e. The molecule has 2 aromatic heterocycles. The maximum atomic E-state index is 12.6. The van der Waals surface area contributed by atoms with Crippen LogP contribution in [-0.4, -0.2) is 48.0 Å². The van der Waals surface area contributed by atoms with Crippen molar-refractivity contribution in [3.8, 4) is 11.5 Å². The number of methoxy groups -OCH3 is 1. The van der Waals surface area contributed by atoms with Crippen molar-refractivity contribution < 1.29 is 19.1 Å². The van der Waals surface area contributed by atoms with Crippen molar-refractivity contribution >= 4 is 17.3 Å². The quantitative estimate of drug-likeness (QED) is 0.428. The third-order valence-corrected chi connectivity index (χ3v) is 4.09. The number of carbonyl (C=O) groups is 2. The normalized spacial score (nSPS) is 10.4. The van der Waals surface area contributed by atoms with Gasteiger partial charge in [0, 0.05) is 12.7 Å². The minimum atomic E-state index is -0.381. The maximum Gasteiger partial charge on any atom is 0.287 e. The van der Waals surface area contributed by atoms with Crippen LogP contribution < -0.4 is 20.1 Å². The summed E-state index contributed by atoms with van der Waals surface area (Å²) in [4.78, 5) is 29.2. The summed E-state index contributed by atoms with van der Waals surface area (Å²) >= 11 is 0. The van der Waals surface area contributed by atoms with Crippen LogP contribution in [0.15, 0.2) is 61.3 Å². The molecule has 3 aromatic rings. The van der Waals surface area contributed by atoms with E-state index >= 15 is 0 Å². The van der Waals surface area contributed by atoms with E-state index < -0.39 is 0 Å². The van der Waals surface area contributed by atoms with E-state index in [0.29, 0.717) is 17.8 Å². The highest BCUT2D eigenvalue weighted by atomic mass is 16.5. The van der Waals surface area contributed by atoms with Crippen molar-refractivity contribution in [3.05, 3.63) is 72.8 Å². The van der Waals surface area contributed by atoms with Gasteiger partial charge in [-0.2, -0.15) is 0 Å². The lowest BCUT2D eigenvalue weighted by molar-refractivity contribution is 0.0943. The second-order valence-corrected chi connectivity index (χ2v) is 6.02. The van der Waals surface area contributed by atoms with Gasteiger partial charge < -0.3 is 20.1 Å². The van der Waals surface area contributed by atoms with Gasteiger partial charge in [0.1, 0.15) is 18.1 Å². The van der Waals surface area contributed by atoms with E-state index in [1.807, 2.05) is 0 Å². The Morgan fingerprint density at radius 3 is 2.59 bits per heavy atom. The fourth-order valence-corrected chi connectivity index (χ4v) is 2.70. The molecule has 150 valence electrons. The Balaban J connectivity index is 1.64. The van der Waals surface area contributed by atoms with E-state index in [1.54, 1.807) is 66.2 Å². The molecule has 0 aliphatic rings. The van der Waals surface area contributed by atoms with Crippen molar-refractivity contribution in [2.24, 2.45) is 0 Å². The second kappa shape index (κ2) is 9.41. The van der Waals surface area contributed by atoms with Gasteiger partial charge in [-0.15, -0.1) is 6.58 Å². The molecule has 0 aliphatic carbocycles. The molecule has 0 atom stereocenters. The van der Waals surface area contributed by atoms with Gasteiger partial charge in [-0.1, -0.05) is 12.1 Å². The van der Waals surface area contributed by atoms with E-state index in [9.17, 15) is 9.59 Å². The van der Waals surface area contributed by atoms with Crippen molar-refractivity contribution in [2.45, 2.75) is 0 Å². The Morgan fingerprint density at radius 1 is 1.10 bits per heavy atom. The number of rotatable bonds is 9. The van der Waals surface area contributed by atoms with Crippen molar-refractivity contribution in [1.82, 2.24) is 20.0 Å². The zero-order valence-electron chi connectivity index (χ0n) is 16.1. The first-order valence-corrected chi connectivity index (χ1v) is 9.05. The van der Waals surface area contributed by atoms with Crippen LogP contribution in [0.4, 0.5) is 0 Å². The first-order valence-electron chi connectivity index (χ1n) is 9.05. The zero-order chi connectivity index (χ0) is 20.6. The highest BCUT2D eigenvalue weighted by Crippen LogP contribution is 2.17. The number of imidazole rings is 1. The summed E-state index contributed by atoms with van der Waals surface area (Å²) in [7, 11) is 1.60. The van der Waals surface area contributed by atoms with Gasteiger partial charge >= 0.3 is 0 Å². The molecule has 2 amide bonds. The van der Waals surface area contributed by atoms with Gasteiger partial charge in [-0.3, -0.25) is 14.0 Å². The first-order chi connectivity index (χ1) is 14.1. The molecular weight excluding hydrogens is 372 g/mol. The summed E-state index contributed by atoms with van der Waals surface area (Å²) in [6.07, 6.45) is 3.26. The van der Waals surface area contributed by atoms with Crippen LogP contribution in [0.2, 0.25) is 0 Å². The monoisotopic (exact) mass is 394 g/mol. The average Bonchev–Trinajstić information content (AvgIpc) is 3.15. The van der Waals surface area contributed by atoms with Gasteiger partial charge in [0.25, 0.3) is 11.8 Å². The first kappa shape index (κ1) is 19.9. The summed E-state index contributed by atoms with van der Waals surface area (Å²) < 4.78 is 12.3. The molecule has 2 heterocycles. The van der Waals surface area contributed by atoms with Crippen LogP contribution in [0.1, 0.15) is 21.1 Å². The fourth-order valence-electron chi connectivity index (χ4n) is 2.70. The number of nitrogens with zero attached hydrogens (tertiary/aromatic N) is 2. The summed E-state index contributed by atoms with van der Waals surface area (Å²) in [5.41, 5.74) is 0.726. The van der Waals surface area contributed by atoms with Gasteiger partial charge in [0.2, 0.25) is 5.82 Å². The number of nitrogens with one attached hydrogen (secondary N) is 2. The standard InChI is InChI=1S/C21H22N4O4/c1-3-11-22-21(27)19-24-18(17-6-4-5-13-25(17)19)20(26)23-12-14-29-16-9-7-15(28-2)8-10-16/h3-10,13H,1,11-12,14H2,2H3,(H,22,27)(H,23,26). The van der Waals surface area contributed by atoms with E-state index in [0.717, 1.165) is 5.75 Å². The number of carbonyl (C=O) groups excluding carboxylic acids is 2. The van der Waals surface area contributed by atoms with Crippen LogP contribution in [0.5, 0.6) is 11.5 Å². The lowest BCUT2D eigenvalue weighted by Gasteiger charge is -2.08. The van der Waals surface area contributed by atoms with Gasteiger partial charge in [-0.25, -0.2) is 4.98 Å². The molecule has 8 nitrogen and oxygen atoms in total. The number of hydrogen-bond donors (Lipinski definition) is 2. The van der Waals surface area contributed by atoms with Crippen molar-refractivity contribution in [1.29, 1.82) is 0 Å². The molecule has 2 N–H and O–H groups in total. The van der Waals surface area contributed by atoms with Crippen LogP contribution in [0.3, 0.4) is 0 Å². The number of ether oxygens (including phenoxy) is 2. The molecule has 0 spiro atoms. The van der Waals surface area contributed by atoms with E-state index in [2.05, 4.69) is 22.2 Å². The third kappa shape index (κ3) is 4.73. The molecule has 0 aliphatic heterocycles. The summed E-state index contributed by atoms with van der Waals surface area (Å²) in [6, 6.07) is 12.5. The molecule has 1 aromatic carbocycles. The second-order valence-electron chi connectivity index (χ2n) is 6.02. The fraction of sp³-hybridized carbons (Fsp3) is 0.190. The number of pyridine rings is 1. The van der Waals surface area contributed by atoms with Crippen LogP contribution in [0, 0.1) is 0 Å². The number of benzene rings is 1. The molecule has 29 heavy (non-hydrogen) atoms. The molecule has 0 bridgehead atoms. The summed E-state index contributed by atoms with van der Waals surface area (Å²) in [5, 5.41) is 5.44. The van der Waals surface area contributed by atoms with Crippen molar-refractivity contribution in [3.63, 3.8) is 0 Å². The predicted molar refractivity (Wildman–Crippen MR) is 109 cm³/mol. The SMILES string of the molecule is C=CCNC(=O)c1nc(C(=O)NCCOc2ccc(OC)cc2)c2ccccn12. The number of aromatic nitrogens is 2. The van der Waals surface area contributed by atoms with Crippen LogP contribution in [0.25, 0.3) is 5.52 Å². The summed E-state index contributed by atoms with van der Waals surface area (Å²) in [5.74, 6) is 0.795. The molecular formula is C21H22N4O4. The number of hydrogen-bond acceptors (Lipinski definition) is 5. The van der Waals surface area contributed by atoms with E-state index in [-0.39, 0.29) is 36.5 Å². The molecule has 0 unspecified atom stereocenters. The van der Waals surface area contributed by atoms with Crippen LogP contribution >= 0.6 is 0 Å². The number of amides is 2. The third-order valence-electron chi connectivity index (χ3n) is 4.09. The lowest BCUT2D eigenvalue weighted by atomic mass is 10.3. The topological polar surface area (TPSA) is 94.0 Å². The van der Waals surface area contributed by atoms with Gasteiger partial charge in [0.15, 0.2) is 5.69 Å². The lowest BCUT2D eigenvalue weighted by Crippen LogP contribution is -2.29. The molecule has 8 heteroatoms. The zero-order valence-corrected chi connectivity index (χ0v) is 16.1. The summed E-state index contributed by atoms with van der Waals surface area (Å²) in [6.45, 7) is 4.46. The predicted octanol–water partition coefficient (Wildman–Crippen LogP) is 2.07. The highest BCUT2D eigenvalue weighted by Gasteiger charge is 2.20. The van der Waals surface area contributed by atoms with Gasteiger partial charge in [0.05, 0.1) is 19.2 Å². The molecule has 0 fully saturated rings. The molecule has 3 rings (SSSR count). The Bertz CT molecular complexity index is 1010. The van der Waals surface area contributed by atoms with Gasteiger partial charge in [-0.05, 0) is 36.4 Å². The molecule has 0 saturated carbocycles. The Labute approximate surface area is 168 Å². The molecule has 0 saturated heterocycles. The van der Waals surface area contributed by atoms with Crippen LogP contribution in [-0.2, 0) is 0 Å². The molecule has 0 radical (unpaired) electrons. The highest BCUT2D eigenvalue weighted by molar-refractivity contribution is 6.02. The van der Waals surface area contributed by atoms with E-state index in [4.69, 9.17) is 9.47 Å². The maximum absolute atomic E-state index is 12.6. The average molecular weight is 394 g/mol. The minimum absolute atomic E-state index is 0.141. The number of fused-ring (bicyclic) bond motifs is 1. The van der Waals surface area contributed by atoms with E-state index in [1.165, 1.54) is 0 Å². The Kier molecular flexibility index (Phi) is 6.47.